The molecule has 36 heavy (non-hydrogen) atoms. The fourth-order valence-corrected chi connectivity index (χ4v) is 4.33. The number of pyridine rings is 1. The molecule has 184 valence electrons. The first-order valence-electron chi connectivity index (χ1n) is 11.1. The highest BCUT2D eigenvalue weighted by Gasteiger charge is 2.14. The van der Waals surface area contributed by atoms with Gasteiger partial charge in [0.1, 0.15) is 23.1 Å². The number of methoxy groups -OCH3 is 2. The first-order chi connectivity index (χ1) is 17.4. The number of benzene rings is 3. The van der Waals surface area contributed by atoms with Crippen LogP contribution in [-0.2, 0) is 17.6 Å². The van der Waals surface area contributed by atoms with Gasteiger partial charge >= 0.3 is 0 Å². The number of aromatic nitrogens is 1. The van der Waals surface area contributed by atoms with Crippen molar-refractivity contribution in [3.63, 3.8) is 0 Å². The van der Waals surface area contributed by atoms with Gasteiger partial charge in [-0.05, 0) is 35.4 Å². The minimum atomic E-state index is -0.467. The van der Waals surface area contributed by atoms with E-state index >= 15 is 0 Å². The van der Waals surface area contributed by atoms with Crippen molar-refractivity contribution in [1.29, 1.82) is 0 Å². The van der Waals surface area contributed by atoms with E-state index in [9.17, 15) is 9.18 Å². The highest BCUT2D eigenvalue weighted by molar-refractivity contribution is 7.80. The number of ketones is 1. The lowest BCUT2D eigenvalue weighted by molar-refractivity contribution is -0.117. The Morgan fingerprint density at radius 3 is 2.42 bits per heavy atom. The van der Waals surface area contributed by atoms with E-state index < -0.39 is 5.82 Å². The SMILES string of the molecule is COc1cc2nccc(Oc3ccc(CC(=S)CC(=O)Cc4ccccc4Cl)c(F)c3)c2cc1OC. The van der Waals surface area contributed by atoms with Crippen LogP contribution in [0.1, 0.15) is 17.5 Å². The first-order valence-corrected chi connectivity index (χ1v) is 11.9. The number of carbonyl (C=O) groups is 1. The monoisotopic (exact) mass is 523 g/mol. The molecule has 0 fully saturated rings. The van der Waals surface area contributed by atoms with E-state index in [1.807, 2.05) is 12.1 Å². The molecule has 0 bridgehead atoms. The number of halogens is 2. The number of fused-ring (bicyclic) bond motifs is 1. The summed E-state index contributed by atoms with van der Waals surface area (Å²) in [5.74, 6) is 1.36. The zero-order valence-corrected chi connectivity index (χ0v) is 21.3. The number of Topliss-reactive ketones (excluding diaryl/α,β-unsaturated/α-hetero) is 1. The van der Waals surface area contributed by atoms with E-state index in [4.69, 9.17) is 38.0 Å². The molecule has 0 N–H and O–H groups in total. The second kappa shape index (κ2) is 11.5. The molecule has 4 rings (SSSR count). The van der Waals surface area contributed by atoms with Crippen molar-refractivity contribution in [2.24, 2.45) is 0 Å². The maximum absolute atomic E-state index is 14.9. The van der Waals surface area contributed by atoms with Crippen LogP contribution >= 0.6 is 23.8 Å². The Hall–Kier alpha value is -3.55. The fourth-order valence-electron chi connectivity index (χ4n) is 3.81. The molecule has 0 atom stereocenters. The number of thiocarbonyl (C=S) groups is 1. The summed E-state index contributed by atoms with van der Waals surface area (Å²) in [5, 5.41) is 1.23. The van der Waals surface area contributed by atoms with Gasteiger partial charge in [0.05, 0.1) is 19.7 Å². The average molecular weight is 524 g/mol. The smallest absolute Gasteiger partial charge is 0.162 e. The maximum atomic E-state index is 14.9. The van der Waals surface area contributed by atoms with Gasteiger partial charge in [0, 0.05) is 52.9 Å². The number of hydrogen-bond acceptors (Lipinski definition) is 6. The van der Waals surface area contributed by atoms with Crippen LogP contribution in [0.4, 0.5) is 4.39 Å². The fraction of sp³-hybridized carbons (Fsp3) is 0.179. The summed E-state index contributed by atoms with van der Waals surface area (Å²) in [6, 6.07) is 17.0. The molecule has 5 nitrogen and oxygen atoms in total. The number of ether oxygens (including phenoxy) is 3. The molecule has 1 aromatic heterocycles. The van der Waals surface area contributed by atoms with E-state index in [-0.39, 0.29) is 25.0 Å². The largest absolute Gasteiger partial charge is 0.493 e. The third kappa shape index (κ3) is 5.98. The Balaban J connectivity index is 1.45. The van der Waals surface area contributed by atoms with E-state index in [2.05, 4.69) is 4.98 Å². The van der Waals surface area contributed by atoms with Crippen molar-refractivity contribution in [3.05, 3.63) is 88.8 Å². The highest BCUT2D eigenvalue weighted by atomic mass is 35.5. The Bertz CT molecular complexity index is 1440. The van der Waals surface area contributed by atoms with E-state index in [0.29, 0.717) is 49.4 Å². The summed E-state index contributed by atoms with van der Waals surface area (Å²) in [6.45, 7) is 0. The van der Waals surface area contributed by atoms with Gasteiger partial charge < -0.3 is 14.2 Å². The summed E-state index contributed by atoms with van der Waals surface area (Å²) in [6.07, 6.45) is 2.04. The molecule has 0 spiro atoms. The predicted molar refractivity (Wildman–Crippen MR) is 142 cm³/mol. The van der Waals surface area contributed by atoms with Crippen molar-refractivity contribution in [2.45, 2.75) is 19.3 Å². The van der Waals surface area contributed by atoms with E-state index in [1.54, 1.807) is 62.9 Å². The Kier molecular flexibility index (Phi) is 8.13. The molecule has 0 aliphatic rings. The van der Waals surface area contributed by atoms with Crippen LogP contribution in [0, 0.1) is 5.82 Å². The van der Waals surface area contributed by atoms with Crippen molar-refractivity contribution in [1.82, 2.24) is 4.98 Å². The summed E-state index contributed by atoms with van der Waals surface area (Å²) in [4.78, 5) is 17.2. The third-order valence-electron chi connectivity index (χ3n) is 5.59. The summed E-state index contributed by atoms with van der Waals surface area (Å²) < 4.78 is 31.6. The van der Waals surface area contributed by atoms with Crippen molar-refractivity contribution >= 4 is 45.4 Å². The van der Waals surface area contributed by atoms with Crippen LogP contribution in [-0.4, -0.2) is 29.9 Å². The average Bonchev–Trinajstić information content (AvgIpc) is 2.86. The van der Waals surface area contributed by atoms with Crippen LogP contribution in [0.15, 0.2) is 66.9 Å². The summed E-state index contributed by atoms with van der Waals surface area (Å²) in [5.41, 5.74) is 1.79. The summed E-state index contributed by atoms with van der Waals surface area (Å²) in [7, 11) is 3.10. The zero-order valence-electron chi connectivity index (χ0n) is 19.7. The van der Waals surface area contributed by atoms with Crippen LogP contribution in [0.25, 0.3) is 10.9 Å². The molecule has 0 saturated heterocycles. The lowest BCUT2D eigenvalue weighted by Gasteiger charge is -2.13. The van der Waals surface area contributed by atoms with Crippen molar-refractivity contribution in [3.8, 4) is 23.0 Å². The topological polar surface area (TPSA) is 57.7 Å². The molecule has 0 unspecified atom stereocenters. The van der Waals surface area contributed by atoms with Gasteiger partial charge in [0.15, 0.2) is 11.5 Å². The standard InChI is InChI=1S/C28H23ClFNO4S/c1-33-27-15-22-25(16-28(27)34-2)31-10-9-26(22)35-20-8-7-18(24(30)14-20)12-21(36)13-19(32)11-17-5-3-4-6-23(17)29/h3-10,14-16H,11-13H2,1-2H3. The molecule has 3 aromatic carbocycles. The zero-order chi connectivity index (χ0) is 25.7. The van der Waals surface area contributed by atoms with Gasteiger partial charge in [-0.2, -0.15) is 0 Å². The maximum Gasteiger partial charge on any atom is 0.162 e. The normalized spacial score (nSPS) is 10.8. The Morgan fingerprint density at radius 2 is 1.69 bits per heavy atom. The van der Waals surface area contributed by atoms with Gasteiger partial charge in [0.2, 0.25) is 0 Å². The Morgan fingerprint density at radius 1 is 0.944 bits per heavy atom. The summed E-state index contributed by atoms with van der Waals surface area (Å²) >= 11 is 11.5. The van der Waals surface area contributed by atoms with Crippen LogP contribution in [0.2, 0.25) is 5.02 Å². The molecular weight excluding hydrogens is 501 g/mol. The van der Waals surface area contributed by atoms with Crippen LogP contribution < -0.4 is 14.2 Å². The number of nitrogens with zero attached hydrogens (tertiary/aromatic N) is 1. The molecule has 1 heterocycles. The minimum absolute atomic E-state index is 0.0647. The third-order valence-corrected chi connectivity index (χ3v) is 6.24. The van der Waals surface area contributed by atoms with Crippen LogP contribution in [0.5, 0.6) is 23.0 Å². The van der Waals surface area contributed by atoms with E-state index in [0.717, 1.165) is 5.56 Å². The highest BCUT2D eigenvalue weighted by Crippen LogP contribution is 2.37. The lowest BCUT2D eigenvalue weighted by Crippen LogP contribution is -2.11. The van der Waals surface area contributed by atoms with Gasteiger partial charge in [-0.1, -0.05) is 48.1 Å². The van der Waals surface area contributed by atoms with Gasteiger partial charge in [-0.15, -0.1) is 0 Å². The molecule has 4 aromatic rings. The molecule has 0 radical (unpaired) electrons. The molecule has 8 heteroatoms. The van der Waals surface area contributed by atoms with Crippen molar-refractivity contribution in [2.75, 3.05) is 14.2 Å². The second-order valence-corrected chi connectivity index (χ2v) is 9.07. The quantitative estimate of drug-likeness (QED) is 0.210. The van der Waals surface area contributed by atoms with Crippen LogP contribution in [0.3, 0.4) is 0 Å². The molecular formula is C28H23ClFNO4S. The van der Waals surface area contributed by atoms with Gasteiger partial charge in [-0.25, -0.2) is 4.39 Å². The molecule has 0 amide bonds. The van der Waals surface area contributed by atoms with E-state index in [1.165, 1.54) is 6.07 Å². The predicted octanol–water partition coefficient (Wildman–Crippen LogP) is 6.95. The molecule has 0 saturated carbocycles. The van der Waals surface area contributed by atoms with Gasteiger partial charge in [0.25, 0.3) is 0 Å². The number of hydrogen-bond donors (Lipinski definition) is 0. The minimum Gasteiger partial charge on any atom is -0.493 e. The van der Waals surface area contributed by atoms with Gasteiger partial charge in [-0.3, -0.25) is 9.78 Å². The second-order valence-electron chi connectivity index (χ2n) is 8.09. The first kappa shape index (κ1) is 25.5. The lowest BCUT2D eigenvalue weighted by atomic mass is 10.0. The molecule has 0 aliphatic heterocycles. The Labute approximate surface area is 218 Å². The number of carbonyl (C=O) groups excluding carboxylic acids is 1. The number of rotatable bonds is 10. The van der Waals surface area contributed by atoms with Crippen molar-refractivity contribution < 1.29 is 23.4 Å². The molecule has 0 aliphatic carbocycles.